The van der Waals surface area contributed by atoms with Crippen molar-refractivity contribution < 1.29 is 4.74 Å². The molecule has 0 amide bonds. The van der Waals surface area contributed by atoms with Crippen LogP contribution < -0.4 is 4.74 Å². The van der Waals surface area contributed by atoms with Gasteiger partial charge in [-0.15, -0.1) is 11.3 Å². The first kappa shape index (κ1) is 13.3. The summed E-state index contributed by atoms with van der Waals surface area (Å²) >= 11 is 1.55. The number of rotatable bonds is 4. The molecule has 2 heterocycles. The first-order valence-corrected chi connectivity index (χ1v) is 7.19. The second-order valence-electron chi connectivity index (χ2n) is 4.44. The van der Waals surface area contributed by atoms with Crippen molar-refractivity contribution in [3.05, 3.63) is 53.3 Å². The van der Waals surface area contributed by atoms with E-state index in [1.165, 1.54) is 0 Å². The average molecular weight is 296 g/mol. The number of nitriles is 1. The molecule has 0 bridgehead atoms. The summed E-state index contributed by atoms with van der Waals surface area (Å²) in [4.78, 5) is 4.52. The number of hydrogen-bond donors (Lipinski definition) is 0. The molecule has 3 aromatic rings. The van der Waals surface area contributed by atoms with E-state index < -0.39 is 0 Å². The summed E-state index contributed by atoms with van der Waals surface area (Å²) in [6.07, 6.45) is 3.71. The van der Waals surface area contributed by atoms with Gasteiger partial charge in [0.1, 0.15) is 23.4 Å². The minimum Gasteiger partial charge on any atom is -0.486 e. The van der Waals surface area contributed by atoms with Crippen LogP contribution in [-0.2, 0) is 13.7 Å². The van der Waals surface area contributed by atoms with E-state index in [4.69, 9.17) is 10.00 Å². The first-order valence-electron chi connectivity index (χ1n) is 6.31. The van der Waals surface area contributed by atoms with Crippen LogP contribution in [0, 0.1) is 11.3 Å². The van der Waals surface area contributed by atoms with Crippen LogP contribution in [0.25, 0.3) is 10.6 Å². The lowest BCUT2D eigenvalue weighted by molar-refractivity contribution is 0.301. The van der Waals surface area contributed by atoms with Crippen LogP contribution in [0.5, 0.6) is 5.75 Å². The van der Waals surface area contributed by atoms with Crippen molar-refractivity contribution in [1.29, 1.82) is 5.26 Å². The van der Waals surface area contributed by atoms with E-state index in [0.29, 0.717) is 17.9 Å². The van der Waals surface area contributed by atoms with Crippen molar-refractivity contribution in [2.45, 2.75) is 6.61 Å². The van der Waals surface area contributed by atoms with E-state index in [1.54, 1.807) is 34.3 Å². The summed E-state index contributed by atoms with van der Waals surface area (Å²) in [5.41, 5.74) is 2.36. The molecule has 2 aromatic heterocycles. The van der Waals surface area contributed by atoms with Crippen molar-refractivity contribution in [3.8, 4) is 22.4 Å². The first-order chi connectivity index (χ1) is 10.3. The molecule has 0 spiro atoms. The quantitative estimate of drug-likeness (QED) is 0.742. The van der Waals surface area contributed by atoms with Crippen molar-refractivity contribution in [3.63, 3.8) is 0 Å². The topological polar surface area (TPSA) is 63.7 Å². The Morgan fingerprint density at radius 3 is 3.00 bits per heavy atom. The maximum Gasteiger partial charge on any atom is 0.137 e. The van der Waals surface area contributed by atoms with Crippen LogP contribution in [0.2, 0.25) is 0 Å². The van der Waals surface area contributed by atoms with E-state index in [1.807, 2.05) is 30.8 Å². The zero-order chi connectivity index (χ0) is 14.7. The van der Waals surface area contributed by atoms with Crippen molar-refractivity contribution in [1.82, 2.24) is 14.8 Å². The van der Waals surface area contributed by atoms with E-state index in [2.05, 4.69) is 16.2 Å². The molecule has 0 aliphatic heterocycles. The molecule has 1 aromatic carbocycles. The fourth-order valence-electron chi connectivity index (χ4n) is 1.87. The lowest BCUT2D eigenvalue weighted by Gasteiger charge is -2.05. The Balaban J connectivity index is 1.72. The maximum atomic E-state index is 9.02. The van der Waals surface area contributed by atoms with Gasteiger partial charge < -0.3 is 4.74 Å². The van der Waals surface area contributed by atoms with E-state index in [-0.39, 0.29) is 0 Å². The van der Waals surface area contributed by atoms with Gasteiger partial charge in [-0.05, 0) is 12.1 Å². The van der Waals surface area contributed by atoms with Crippen LogP contribution in [0.1, 0.15) is 11.3 Å². The van der Waals surface area contributed by atoms with Gasteiger partial charge in [-0.1, -0.05) is 12.1 Å². The maximum absolute atomic E-state index is 9.02. The fourth-order valence-corrected chi connectivity index (χ4v) is 2.65. The molecule has 0 unspecified atom stereocenters. The third kappa shape index (κ3) is 2.93. The molecule has 0 fully saturated rings. The highest BCUT2D eigenvalue weighted by molar-refractivity contribution is 7.13. The number of aromatic nitrogens is 3. The number of thiazole rings is 1. The molecule has 104 valence electrons. The van der Waals surface area contributed by atoms with Gasteiger partial charge in [0.25, 0.3) is 0 Å². The molecule has 0 aliphatic rings. The smallest absolute Gasteiger partial charge is 0.137 e. The molecular weight excluding hydrogens is 284 g/mol. The molecule has 21 heavy (non-hydrogen) atoms. The molecule has 6 heteroatoms. The second kappa shape index (κ2) is 5.77. The summed E-state index contributed by atoms with van der Waals surface area (Å²) in [5, 5.41) is 16.0. The molecule has 0 saturated carbocycles. The molecule has 3 rings (SSSR count). The number of para-hydroxylation sites is 1. The Bertz CT molecular complexity index is 800. The fraction of sp³-hybridized carbons (Fsp3) is 0.133. The van der Waals surface area contributed by atoms with Gasteiger partial charge in [0, 0.05) is 24.2 Å². The number of aryl methyl sites for hydroxylation is 1. The lowest BCUT2D eigenvalue weighted by Crippen LogP contribution is -1.97. The van der Waals surface area contributed by atoms with Gasteiger partial charge >= 0.3 is 0 Å². The monoisotopic (exact) mass is 296 g/mol. The SMILES string of the molecule is Cn1cc(-c2nc(COc3ccccc3C#N)cs2)cn1. The van der Waals surface area contributed by atoms with E-state index >= 15 is 0 Å². The number of benzene rings is 1. The molecule has 5 nitrogen and oxygen atoms in total. The highest BCUT2D eigenvalue weighted by Gasteiger charge is 2.08. The second-order valence-corrected chi connectivity index (χ2v) is 5.30. The minimum atomic E-state index is 0.343. The predicted molar refractivity (Wildman–Crippen MR) is 79.8 cm³/mol. The molecule has 0 N–H and O–H groups in total. The summed E-state index contributed by atoms with van der Waals surface area (Å²) in [6.45, 7) is 0.343. The minimum absolute atomic E-state index is 0.343. The largest absolute Gasteiger partial charge is 0.486 e. The van der Waals surface area contributed by atoms with Crippen molar-refractivity contribution >= 4 is 11.3 Å². The van der Waals surface area contributed by atoms with E-state index in [9.17, 15) is 0 Å². The van der Waals surface area contributed by atoms with Gasteiger partial charge in [-0.3, -0.25) is 4.68 Å². The Kier molecular flexibility index (Phi) is 3.67. The van der Waals surface area contributed by atoms with Crippen LogP contribution in [-0.4, -0.2) is 14.8 Å². The zero-order valence-electron chi connectivity index (χ0n) is 11.4. The highest BCUT2D eigenvalue weighted by atomic mass is 32.1. The normalized spacial score (nSPS) is 10.3. The molecule has 0 saturated heterocycles. The van der Waals surface area contributed by atoms with Gasteiger partial charge in [-0.2, -0.15) is 10.4 Å². The zero-order valence-corrected chi connectivity index (χ0v) is 12.2. The van der Waals surface area contributed by atoms with Crippen LogP contribution >= 0.6 is 11.3 Å². The third-order valence-corrected chi connectivity index (χ3v) is 3.83. The summed E-state index contributed by atoms with van der Waals surface area (Å²) < 4.78 is 7.42. The third-order valence-electron chi connectivity index (χ3n) is 2.89. The Labute approximate surface area is 126 Å². The number of hydrogen-bond acceptors (Lipinski definition) is 5. The molecule has 0 atom stereocenters. The molecule has 0 radical (unpaired) electrons. The molecule has 0 aliphatic carbocycles. The summed E-state index contributed by atoms with van der Waals surface area (Å²) in [6, 6.07) is 9.29. The van der Waals surface area contributed by atoms with E-state index in [0.717, 1.165) is 16.3 Å². The van der Waals surface area contributed by atoms with Crippen LogP contribution in [0.4, 0.5) is 0 Å². The number of ether oxygens (including phenoxy) is 1. The van der Waals surface area contributed by atoms with Gasteiger partial charge in [0.15, 0.2) is 0 Å². The average Bonchev–Trinajstić information content (AvgIpc) is 3.14. The van der Waals surface area contributed by atoms with Crippen LogP contribution in [0.3, 0.4) is 0 Å². The van der Waals surface area contributed by atoms with Crippen LogP contribution in [0.15, 0.2) is 42.0 Å². The lowest BCUT2D eigenvalue weighted by atomic mass is 10.2. The summed E-state index contributed by atoms with van der Waals surface area (Å²) in [7, 11) is 1.87. The van der Waals surface area contributed by atoms with Crippen molar-refractivity contribution in [2.24, 2.45) is 7.05 Å². The summed E-state index contributed by atoms with van der Waals surface area (Å²) in [5.74, 6) is 0.580. The number of nitrogens with zero attached hydrogens (tertiary/aromatic N) is 4. The predicted octanol–water partition coefficient (Wildman–Crippen LogP) is 2.99. The Morgan fingerprint density at radius 1 is 1.38 bits per heavy atom. The van der Waals surface area contributed by atoms with Crippen molar-refractivity contribution in [2.75, 3.05) is 0 Å². The highest BCUT2D eigenvalue weighted by Crippen LogP contribution is 2.24. The Morgan fingerprint density at radius 2 is 2.24 bits per heavy atom. The molecular formula is C15H12N4OS. The Hall–Kier alpha value is -2.65. The van der Waals surface area contributed by atoms with Gasteiger partial charge in [0.2, 0.25) is 0 Å². The van der Waals surface area contributed by atoms with Gasteiger partial charge in [0.05, 0.1) is 17.5 Å². The van der Waals surface area contributed by atoms with Gasteiger partial charge in [-0.25, -0.2) is 4.98 Å². The standard InChI is InChI=1S/C15H12N4OS/c1-19-8-12(7-17-19)15-18-13(10-21-15)9-20-14-5-3-2-4-11(14)6-16/h2-5,7-8,10H,9H2,1H3.